The lowest BCUT2D eigenvalue weighted by atomic mass is 9.87. The average molecular weight is 435 g/mol. The van der Waals surface area contributed by atoms with E-state index < -0.39 is 0 Å². The van der Waals surface area contributed by atoms with Gasteiger partial charge in [0.15, 0.2) is 11.5 Å². The van der Waals surface area contributed by atoms with Crippen LogP contribution in [-0.2, 0) is 11.3 Å². The second kappa shape index (κ2) is 9.95. The van der Waals surface area contributed by atoms with E-state index in [1.165, 1.54) is 30.4 Å². The first-order valence-electron chi connectivity index (χ1n) is 12.3. The second-order valence-corrected chi connectivity index (χ2v) is 9.33. The van der Waals surface area contributed by atoms with Gasteiger partial charge in [-0.25, -0.2) is 0 Å². The van der Waals surface area contributed by atoms with Gasteiger partial charge in [-0.1, -0.05) is 55.7 Å². The Kier molecular flexibility index (Phi) is 6.63. The maximum Gasteiger partial charge on any atom is 0.226 e. The number of nitrogens with one attached hydrogen (secondary N) is 1. The van der Waals surface area contributed by atoms with Gasteiger partial charge in [0.2, 0.25) is 5.91 Å². The SMILES string of the molecule is O=C(C1CCCCC1)N1CCC(NCc2ccc3c(c2)OCCCO3)C1c1ccccc1. The molecule has 5 heteroatoms. The Morgan fingerprint density at radius 3 is 2.50 bits per heavy atom. The summed E-state index contributed by atoms with van der Waals surface area (Å²) < 4.78 is 11.6. The number of carbonyl (C=O) groups is 1. The van der Waals surface area contributed by atoms with Gasteiger partial charge in [0.1, 0.15) is 0 Å². The Hall–Kier alpha value is -2.53. The Labute approximate surface area is 191 Å². The minimum atomic E-state index is 0.0889. The number of rotatable bonds is 5. The third-order valence-corrected chi connectivity index (χ3v) is 7.16. The summed E-state index contributed by atoms with van der Waals surface area (Å²) in [7, 11) is 0. The van der Waals surface area contributed by atoms with E-state index in [9.17, 15) is 4.79 Å². The van der Waals surface area contributed by atoms with Crippen LogP contribution in [0.1, 0.15) is 62.1 Å². The summed E-state index contributed by atoms with van der Waals surface area (Å²) in [6.45, 7) is 2.97. The number of carbonyl (C=O) groups excluding carboxylic acids is 1. The molecule has 0 aromatic heterocycles. The second-order valence-electron chi connectivity index (χ2n) is 9.33. The summed E-state index contributed by atoms with van der Waals surface area (Å²) in [5, 5.41) is 3.77. The largest absolute Gasteiger partial charge is 0.490 e. The molecule has 2 heterocycles. The smallest absolute Gasteiger partial charge is 0.226 e. The van der Waals surface area contributed by atoms with E-state index in [4.69, 9.17) is 9.47 Å². The van der Waals surface area contributed by atoms with Gasteiger partial charge in [-0.2, -0.15) is 0 Å². The first-order valence-corrected chi connectivity index (χ1v) is 12.3. The van der Waals surface area contributed by atoms with E-state index in [2.05, 4.69) is 46.6 Å². The Morgan fingerprint density at radius 2 is 1.69 bits per heavy atom. The molecule has 2 fully saturated rings. The van der Waals surface area contributed by atoms with Gasteiger partial charge in [0, 0.05) is 31.5 Å². The summed E-state index contributed by atoms with van der Waals surface area (Å²) in [6, 6.07) is 17.1. The maximum atomic E-state index is 13.5. The lowest BCUT2D eigenvalue weighted by Crippen LogP contribution is -2.41. The summed E-state index contributed by atoms with van der Waals surface area (Å²) >= 11 is 0. The van der Waals surface area contributed by atoms with Crippen LogP contribution in [-0.4, -0.2) is 36.6 Å². The quantitative estimate of drug-likeness (QED) is 0.730. The molecule has 3 aliphatic rings. The average Bonchev–Trinajstić information content (AvgIpc) is 3.13. The van der Waals surface area contributed by atoms with Crippen molar-refractivity contribution < 1.29 is 14.3 Å². The molecule has 170 valence electrons. The minimum Gasteiger partial charge on any atom is -0.490 e. The summed E-state index contributed by atoms with van der Waals surface area (Å²) in [5.74, 6) is 2.23. The zero-order chi connectivity index (χ0) is 21.8. The maximum absolute atomic E-state index is 13.5. The highest BCUT2D eigenvalue weighted by Gasteiger charge is 2.40. The van der Waals surface area contributed by atoms with Crippen LogP contribution in [0, 0.1) is 5.92 Å². The zero-order valence-corrected chi connectivity index (χ0v) is 18.8. The number of hydrogen-bond acceptors (Lipinski definition) is 4. The Bertz CT molecular complexity index is 910. The third-order valence-electron chi connectivity index (χ3n) is 7.16. The molecule has 0 spiro atoms. The van der Waals surface area contributed by atoms with Crippen molar-refractivity contribution in [2.24, 2.45) is 5.92 Å². The monoisotopic (exact) mass is 434 g/mol. The van der Waals surface area contributed by atoms with Crippen molar-refractivity contribution in [1.29, 1.82) is 0 Å². The predicted octanol–water partition coefficient (Wildman–Crippen LogP) is 4.86. The molecule has 1 aliphatic carbocycles. The third kappa shape index (κ3) is 4.63. The van der Waals surface area contributed by atoms with Crippen LogP contribution in [0.5, 0.6) is 11.5 Å². The minimum absolute atomic E-state index is 0.0889. The van der Waals surface area contributed by atoms with Gasteiger partial charge in [-0.3, -0.25) is 4.79 Å². The van der Waals surface area contributed by atoms with Crippen molar-refractivity contribution in [2.45, 2.75) is 63.6 Å². The number of likely N-dealkylation sites (tertiary alicyclic amines) is 1. The van der Waals surface area contributed by atoms with E-state index in [-0.39, 0.29) is 18.0 Å². The van der Waals surface area contributed by atoms with Crippen LogP contribution in [0.4, 0.5) is 0 Å². The fourth-order valence-electron chi connectivity index (χ4n) is 5.47. The molecule has 2 atom stereocenters. The molecule has 5 rings (SSSR count). The molecule has 0 radical (unpaired) electrons. The van der Waals surface area contributed by atoms with Crippen LogP contribution >= 0.6 is 0 Å². The highest BCUT2D eigenvalue weighted by atomic mass is 16.5. The lowest BCUT2D eigenvalue weighted by Gasteiger charge is -2.33. The van der Waals surface area contributed by atoms with Gasteiger partial charge in [0.05, 0.1) is 19.3 Å². The topological polar surface area (TPSA) is 50.8 Å². The Balaban J connectivity index is 1.31. The molecule has 1 N–H and O–H groups in total. The van der Waals surface area contributed by atoms with Crippen molar-refractivity contribution in [2.75, 3.05) is 19.8 Å². The molecule has 2 aromatic carbocycles. The first-order chi connectivity index (χ1) is 15.8. The molecule has 2 aliphatic heterocycles. The molecule has 2 aromatic rings. The summed E-state index contributed by atoms with van der Waals surface area (Å²) in [4.78, 5) is 15.6. The molecule has 1 amide bonds. The van der Waals surface area contributed by atoms with Crippen LogP contribution in [0.15, 0.2) is 48.5 Å². The van der Waals surface area contributed by atoms with Gasteiger partial charge in [-0.05, 0) is 42.5 Å². The normalized spacial score (nSPS) is 23.7. The van der Waals surface area contributed by atoms with Crippen molar-refractivity contribution in [3.8, 4) is 11.5 Å². The summed E-state index contributed by atoms with van der Waals surface area (Å²) in [5.41, 5.74) is 2.41. The van der Waals surface area contributed by atoms with E-state index in [0.29, 0.717) is 19.1 Å². The number of hydrogen-bond donors (Lipinski definition) is 1. The van der Waals surface area contributed by atoms with Crippen LogP contribution in [0.25, 0.3) is 0 Å². The first kappa shape index (κ1) is 21.3. The molecular weight excluding hydrogens is 400 g/mol. The van der Waals surface area contributed by atoms with Crippen molar-refractivity contribution in [1.82, 2.24) is 10.2 Å². The molecule has 1 saturated carbocycles. The number of nitrogens with zero attached hydrogens (tertiary/aromatic N) is 1. The molecule has 1 saturated heterocycles. The van der Waals surface area contributed by atoms with E-state index in [0.717, 1.165) is 50.3 Å². The molecular formula is C27H34N2O3. The standard InChI is InChI=1S/C27H34N2O3/c30-27(22-10-5-2-6-11-22)29-15-14-23(26(29)21-8-3-1-4-9-21)28-19-20-12-13-24-25(18-20)32-17-7-16-31-24/h1,3-4,8-9,12-13,18,22-23,26,28H,2,5-7,10-11,14-17,19H2. The zero-order valence-electron chi connectivity index (χ0n) is 18.8. The highest BCUT2D eigenvalue weighted by molar-refractivity contribution is 5.80. The fourth-order valence-corrected chi connectivity index (χ4v) is 5.47. The van der Waals surface area contributed by atoms with E-state index >= 15 is 0 Å². The number of benzene rings is 2. The molecule has 5 nitrogen and oxygen atoms in total. The van der Waals surface area contributed by atoms with Gasteiger partial charge in [-0.15, -0.1) is 0 Å². The van der Waals surface area contributed by atoms with Crippen molar-refractivity contribution in [3.63, 3.8) is 0 Å². The van der Waals surface area contributed by atoms with Crippen LogP contribution in [0.2, 0.25) is 0 Å². The molecule has 32 heavy (non-hydrogen) atoms. The number of ether oxygens (including phenoxy) is 2. The van der Waals surface area contributed by atoms with Gasteiger partial charge < -0.3 is 19.7 Å². The highest BCUT2D eigenvalue weighted by Crippen LogP contribution is 2.37. The fraction of sp³-hybridized carbons (Fsp3) is 0.519. The lowest BCUT2D eigenvalue weighted by molar-refractivity contribution is -0.137. The predicted molar refractivity (Wildman–Crippen MR) is 125 cm³/mol. The van der Waals surface area contributed by atoms with E-state index in [1.807, 2.05) is 12.1 Å². The van der Waals surface area contributed by atoms with Crippen molar-refractivity contribution in [3.05, 3.63) is 59.7 Å². The van der Waals surface area contributed by atoms with Gasteiger partial charge >= 0.3 is 0 Å². The number of fused-ring (bicyclic) bond motifs is 1. The summed E-state index contributed by atoms with van der Waals surface area (Å²) in [6.07, 6.45) is 7.62. The molecule has 2 unspecified atom stereocenters. The number of amides is 1. The van der Waals surface area contributed by atoms with Crippen molar-refractivity contribution >= 4 is 5.91 Å². The van der Waals surface area contributed by atoms with Crippen LogP contribution in [0.3, 0.4) is 0 Å². The van der Waals surface area contributed by atoms with Gasteiger partial charge in [0.25, 0.3) is 0 Å². The molecule has 0 bridgehead atoms. The van der Waals surface area contributed by atoms with E-state index in [1.54, 1.807) is 0 Å². The van der Waals surface area contributed by atoms with Crippen LogP contribution < -0.4 is 14.8 Å². The Morgan fingerprint density at radius 1 is 0.906 bits per heavy atom.